The zero-order valence-electron chi connectivity index (χ0n) is 9.25. The standard InChI is InChI=1S/C13H18ClN/c1-15-8-2-3-13(10-15)12-6-4-11(9-14)5-7-12/h4-7,13H,2-3,8-10H2,1H3. The lowest BCUT2D eigenvalue weighted by Crippen LogP contribution is -2.30. The normalized spacial score (nSPS) is 22.9. The topological polar surface area (TPSA) is 3.24 Å². The van der Waals surface area contributed by atoms with Gasteiger partial charge in [0.05, 0.1) is 0 Å². The Morgan fingerprint density at radius 1 is 1.33 bits per heavy atom. The second-order valence-corrected chi connectivity index (χ2v) is 4.74. The molecule has 1 atom stereocenters. The summed E-state index contributed by atoms with van der Waals surface area (Å²) in [4.78, 5) is 2.42. The van der Waals surface area contributed by atoms with Crippen LogP contribution in [0, 0.1) is 0 Å². The van der Waals surface area contributed by atoms with Gasteiger partial charge < -0.3 is 4.90 Å². The predicted molar refractivity (Wildman–Crippen MR) is 65.5 cm³/mol. The summed E-state index contributed by atoms with van der Waals surface area (Å²) in [7, 11) is 2.21. The van der Waals surface area contributed by atoms with Crippen molar-refractivity contribution in [3.8, 4) is 0 Å². The highest BCUT2D eigenvalue weighted by molar-refractivity contribution is 6.17. The molecule has 1 unspecified atom stereocenters. The lowest BCUT2D eigenvalue weighted by molar-refractivity contribution is 0.251. The van der Waals surface area contributed by atoms with Crippen LogP contribution in [0.5, 0.6) is 0 Å². The number of piperidine rings is 1. The molecule has 0 radical (unpaired) electrons. The Morgan fingerprint density at radius 2 is 2.07 bits per heavy atom. The molecule has 1 nitrogen and oxygen atoms in total. The molecule has 0 aliphatic carbocycles. The predicted octanol–water partition coefficient (Wildman–Crippen LogP) is 3.23. The van der Waals surface area contributed by atoms with Crippen LogP contribution in [0.3, 0.4) is 0 Å². The van der Waals surface area contributed by atoms with Crippen molar-refractivity contribution in [3.63, 3.8) is 0 Å². The van der Waals surface area contributed by atoms with E-state index in [1.807, 2.05) is 0 Å². The van der Waals surface area contributed by atoms with E-state index >= 15 is 0 Å². The third kappa shape index (κ3) is 2.73. The van der Waals surface area contributed by atoms with Crippen LogP contribution in [0.2, 0.25) is 0 Å². The van der Waals surface area contributed by atoms with Crippen LogP contribution < -0.4 is 0 Å². The van der Waals surface area contributed by atoms with Crippen molar-refractivity contribution >= 4 is 11.6 Å². The van der Waals surface area contributed by atoms with Crippen LogP contribution in [0.15, 0.2) is 24.3 Å². The SMILES string of the molecule is CN1CCCC(c2ccc(CCl)cc2)C1. The van der Waals surface area contributed by atoms with Crippen LogP contribution in [-0.2, 0) is 5.88 Å². The Bertz CT molecular complexity index is 307. The third-order valence-corrected chi connectivity index (χ3v) is 3.54. The Morgan fingerprint density at radius 3 is 2.67 bits per heavy atom. The lowest BCUT2D eigenvalue weighted by atomic mass is 9.90. The van der Waals surface area contributed by atoms with Crippen molar-refractivity contribution in [2.45, 2.75) is 24.6 Å². The van der Waals surface area contributed by atoms with Gasteiger partial charge in [-0.3, -0.25) is 0 Å². The number of alkyl halides is 1. The molecule has 0 bridgehead atoms. The highest BCUT2D eigenvalue weighted by Crippen LogP contribution is 2.26. The van der Waals surface area contributed by atoms with Crippen molar-refractivity contribution in [1.82, 2.24) is 4.90 Å². The molecule has 2 heteroatoms. The van der Waals surface area contributed by atoms with Gasteiger partial charge >= 0.3 is 0 Å². The molecule has 82 valence electrons. The minimum absolute atomic E-state index is 0.616. The summed E-state index contributed by atoms with van der Waals surface area (Å²) in [6.45, 7) is 2.44. The van der Waals surface area contributed by atoms with Gasteiger partial charge in [0.15, 0.2) is 0 Å². The minimum Gasteiger partial charge on any atom is -0.306 e. The maximum atomic E-state index is 5.78. The molecule has 1 aliphatic rings. The van der Waals surface area contributed by atoms with E-state index in [1.165, 1.54) is 37.1 Å². The summed E-state index contributed by atoms with van der Waals surface area (Å²) in [6.07, 6.45) is 2.64. The van der Waals surface area contributed by atoms with Gasteiger partial charge in [-0.2, -0.15) is 0 Å². The number of hydrogen-bond acceptors (Lipinski definition) is 1. The smallest absolute Gasteiger partial charge is 0.0474 e. The summed E-state index contributed by atoms with van der Waals surface area (Å²) >= 11 is 5.78. The fourth-order valence-electron chi connectivity index (χ4n) is 2.32. The van der Waals surface area contributed by atoms with Crippen molar-refractivity contribution in [2.75, 3.05) is 20.1 Å². The number of benzene rings is 1. The Kier molecular flexibility index (Phi) is 3.66. The van der Waals surface area contributed by atoms with Gasteiger partial charge in [0, 0.05) is 12.4 Å². The van der Waals surface area contributed by atoms with Crippen LogP contribution in [-0.4, -0.2) is 25.0 Å². The number of hydrogen-bond donors (Lipinski definition) is 0. The van der Waals surface area contributed by atoms with E-state index in [2.05, 4.69) is 36.2 Å². The fourth-order valence-corrected chi connectivity index (χ4v) is 2.50. The summed E-state index contributed by atoms with van der Waals surface area (Å²) < 4.78 is 0. The van der Waals surface area contributed by atoms with Gasteiger partial charge in [0.2, 0.25) is 0 Å². The summed E-state index contributed by atoms with van der Waals surface area (Å²) in [6, 6.07) is 8.77. The lowest BCUT2D eigenvalue weighted by Gasteiger charge is -2.30. The number of nitrogens with zero attached hydrogens (tertiary/aromatic N) is 1. The summed E-state index contributed by atoms with van der Waals surface area (Å²) in [5.41, 5.74) is 2.68. The van der Waals surface area contributed by atoms with Crippen LogP contribution >= 0.6 is 11.6 Å². The fraction of sp³-hybridized carbons (Fsp3) is 0.538. The Hall–Kier alpha value is -0.530. The first-order chi connectivity index (χ1) is 7.29. The van der Waals surface area contributed by atoms with E-state index < -0.39 is 0 Å². The van der Waals surface area contributed by atoms with Gasteiger partial charge in [-0.1, -0.05) is 24.3 Å². The van der Waals surface area contributed by atoms with Crippen molar-refractivity contribution in [3.05, 3.63) is 35.4 Å². The average molecular weight is 224 g/mol. The maximum absolute atomic E-state index is 5.78. The molecule has 0 spiro atoms. The monoisotopic (exact) mass is 223 g/mol. The molecule has 1 fully saturated rings. The second-order valence-electron chi connectivity index (χ2n) is 4.48. The zero-order valence-corrected chi connectivity index (χ0v) is 10.0. The van der Waals surface area contributed by atoms with Crippen LogP contribution in [0.25, 0.3) is 0 Å². The Balaban J connectivity index is 2.07. The minimum atomic E-state index is 0.616. The van der Waals surface area contributed by atoms with Crippen LogP contribution in [0.4, 0.5) is 0 Å². The van der Waals surface area contributed by atoms with E-state index in [9.17, 15) is 0 Å². The Labute approximate surface area is 97.0 Å². The van der Waals surface area contributed by atoms with E-state index in [-0.39, 0.29) is 0 Å². The molecular weight excluding hydrogens is 206 g/mol. The van der Waals surface area contributed by atoms with Crippen LogP contribution in [0.1, 0.15) is 29.9 Å². The maximum Gasteiger partial charge on any atom is 0.0474 e. The molecule has 1 heterocycles. The van der Waals surface area contributed by atoms with Gasteiger partial charge in [-0.05, 0) is 43.5 Å². The molecule has 0 amide bonds. The molecule has 1 saturated heterocycles. The first kappa shape index (κ1) is 11.0. The van der Waals surface area contributed by atoms with E-state index in [0.717, 1.165) is 0 Å². The number of likely N-dealkylation sites (N-methyl/N-ethyl adjacent to an activating group) is 1. The van der Waals surface area contributed by atoms with Gasteiger partial charge in [0.1, 0.15) is 0 Å². The number of likely N-dealkylation sites (tertiary alicyclic amines) is 1. The average Bonchev–Trinajstić information content (AvgIpc) is 2.29. The molecule has 0 aromatic heterocycles. The number of halogens is 1. The van der Waals surface area contributed by atoms with E-state index in [0.29, 0.717) is 11.8 Å². The molecule has 2 rings (SSSR count). The highest BCUT2D eigenvalue weighted by atomic mass is 35.5. The molecule has 0 saturated carbocycles. The molecule has 1 aromatic rings. The summed E-state index contributed by atoms with van der Waals surface area (Å²) in [5.74, 6) is 1.33. The van der Waals surface area contributed by atoms with Gasteiger partial charge in [-0.15, -0.1) is 11.6 Å². The number of rotatable bonds is 2. The van der Waals surface area contributed by atoms with E-state index in [4.69, 9.17) is 11.6 Å². The largest absolute Gasteiger partial charge is 0.306 e. The molecule has 0 N–H and O–H groups in total. The van der Waals surface area contributed by atoms with Crippen molar-refractivity contribution < 1.29 is 0 Å². The third-order valence-electron chi connectivity index (χ3n) is 3.23. The van der Waals surface area contributed by atoms with E-state index in [1.54, 1.807) is 0 Å². The first-order valence-corrected chi connectivity index (χ1v) is 6.16. The molecule has 1 aromatic carbocycles. The second kappa shape index (κ2) is 5.00. The quantitative estimate of drug-likeness (QED) is 0.696. The molecule has 1 aliphatic heterocycles. The first-order valence-electron chi connectivity index (χ1n) is 5.63. The van der Waals surface area contributed by atoms with Crippen molar-refractivity contribution in [2.24, 2.45) is 0 Å². The molecular formula is C13H18ClN. The molecule has 15 heavy (non-hydrogen) atoms. The van der Waals surface area contributed by atoms with Gasteiger partial charge in [-0.25, -0.2) is 0 Å². The highest BCUT2D eigenvalue weighted by Gasteiger charge is 2.18. The zero-order chi connectivity index (χ0) is 10.7. The summed E-state index contributed by atoms with van der Waals surface area (Å²) in [5, 5.41) is 0. The van der Waals surface area contributed by atoms with Gasteiger partial charge in [0.25, 0.3) is 0 Å². The van der Waals surface area contributed by atoms with Crippen molar-refractivity contribution in [1.29, 1.82) is 0 Å².